The molecule has 0 bridgehead atoms. The Hall–Kier alpha value is -3.51. The van der Waals surface area contributed by atoms with Gasteiger partial charge in [-0.05, 0) is 62.7 Å². The van der Waals surface area contributed by atoms with Gasteiger partial charge in [0.15, 0.2) is 0 Å². The average Bonchev–Trinajstić information content (AvgIpc) is 3.20. The molecule has 0 aliphatic carbocycles. The maximum atomic E-state index is 12.7. The molecule has 0 spiro atoms. The molecule has 0 fully saturated rings. The molecule has 6 heteroatoms. The lowest BCUT2D eigenvalue weighted by Gasteiger charge is -2.14. The van der Waals surface area contributed by atoms with Gasteiger partial charge in [-0.15, -0.1) is 0 Å². The van der Waals surface area contributed by atoms with Crippen molar-refractivity contribution in [2.75, 3.05) is 0 Å². The fourth-order valence-corrected chi connectivity index (χ4v) is 4.57. The number of hydrogen-bond donors (Lipinski definition) is 1. The van der Waals surface area contributed by atoms with E-state index in [1.54, 1.807) is 12.1 Å². The zero-order valence-corrected chi connectivity index (χ0v) is 19.7. The Morgan fingerprint density at radius 2 is 1.64 bits per heavy atom. The largest absolute Gasteiger partial charge is 0.441 e. The molecule has 4 aromatic rings. The number of oxazole rings is 1. The topological polar surface area (TPSA) is 72.2 Å². The van der Waals surface area contributed by atoms with Gasteiger partial charge in [-0.25, -0.2) is 4.98 Å². The van der Waals surface area contributed by atoms with Crippen LogP contribution in [0.2, 0.25) is 0 Å². The normalized spacial score (nSPS) is 12.8. The SMILES string of the molecule is Cc1ccc([S@](=O)Cc2nc(-c3ccc(C(=O)N[C@@H](C)c4ccccc4)cc3)oc2C)cc1. The van der Waals surface area contributed by atoms with Crippen LogP contribution in [0.1, 0.15) is 45.9 Å². The van der Waals surface area contributed by atoms with Crippen molar-refractivity contribution < 1.29 is 13.4 Å². The number of rotatable bonds is 7. The van der Waals surface area contributed by atoms with Gasteiger partial charge >= 0.3 is 0 Å². The molecular weight excluding hydrogens is 432 g/mol. The monoisotopic (exact) mass is 458 g/mol. The van der Waals surface area contributed by atoms with Crippen LogP contribution in [0.3, 0.4) is 0 Å². The molecule has 5 nitrogen and oxygen atoms in total. The zero-order valence-electron chi connectivity index (χ0n) is 18.9. The number of carbonyl (C=O) groups is 1. The van der Waals surface area contributed by atoms with Gasteiger partial charge in [-0.2, -0.15) is 0 Å². The van der Waals surface area contributed by atoms with Gasteiger partial charge in [0.05, 0.1) is 28.3 Å². The number of nitrogens with zero attached hydrogens (tertiary/aromatic N) is 1. The van der Waals surface area contributed by atoms with Crippen LogP contribution in [0.5, 0.6) is 0 Å². The lowest BCUT2D eigenvalue weighted by molar-refractivity contribution is 0.0940. The Morgan fingerprint density at radius 3 is 2.30 bits per heavy atom. The van der Waals surface area contributed by atoms with Crippen LogP contribution in [-0.4, -0.2) is 15.1 Å². The van der Waals surface area contributed by atoms with E-state index in [9.17, 15) is 9.00 Å². The first-order valence-electron chi connectivity index (χ1n) is 10.8. The number of hydrogen-bond acceptors (Lipinski definition) is 4. The predicted molar refractivity (Wildman–Crippen MR) is 130 cm³/mol. The number of aryl methyl sites for hydroxylation is 2. The van der Waals surface area contributed by atoms with Crippen molar-refractivity contribution in [1.82, 2.24) is 10.3 Å². The number of amides is 1. The Labute approximate surface area is 196 Å². The van der Waals surface area contributed by atoms with E-state index < -0.39 is 10.8 Å². The first-order chi connectivity index (χ1) is 15.9. The zero-order chi connectivity index (χ0) is 23.4. The van der Waals surface area contributed by atoms with E-state index in [0.717, 1.165) is 21.6 Å². The summed E-state index contributed by atoms with van der Waals surface area (Å²) in [4.78, 5) is 18.0. The number of carbonyl (C=O) groups excluding carboxylic acids is 1. The molecule has 1 N–H and O–H groups in total. The fraction of sp³-hybridized carbons (Fsp3) is 0.185. The average molecular weight is 459 g/mol. The summed E-state index contributed by atoms with van der Waals surface area (Å²) in [5.74, 6) is 1.24. The molecular formula is C27H26N2O3S. The van der Waals surface area contributed by atoms with Crippen LogP contribution in [0.15, 0.2) is 88.2 Å². The molecule has 1 amide bonds. The van der Waals surface area contributed by atoms with E-state index in [1.165, 1.54) is 0 Å². The molecule has 168 valence electrons. The highest BCUT2D eigenvalue weighted by atomic mass is 32.2. The van der Waals surface area contributed by atoms with Gasteiger partial charge in [0, 0.05) is 16.0 Å². The summed E-state index contributed by atoms with van der Waals surface area (Å²) in [6.07, 6.45) is 0. The minimum Gasteiger partial charge on any atom is -0.441 e. The lowest BCUT2D eigenvalue weighted by Crippen LogP contribution is -2.26. The minimum absolute atomic E-state index is 0.0928. The molecule has 33 heavy (non-hydrogen) atoms. The third-order valence-corrected chi connectivity index (χ3v) is 6.82. The highest BCUT2D eigenvalue weighted by Crippen LogP contribution is 2.24. The van der Waals surface area contributed by atoms with Gasteiger partial charge in [-0.1, -0.05) is 48.0 Å². The smallest absolute Gasteiger partial charge is 0.251 e. The van der Waals surface area contributed by atoms with Crippen molar-refractivity contribution in [3.63, 3.8) is 0 Å². The Balaban J connectivity index is 1.44. The Morgan fingerprint density at radius 1 is 0.970 bits per heavy atom. The maximum absolute atomic E-state index is 12.7. The van der Waals surface area contributed by atoms with Crippen molar-refractivity contribution in [1.29, 1.82) is 0 Å². The third kappa shape index (κ3) is 5.46. The van der Waals surface area contributed by atoms with Gasteiger partial charge in [0.25, 0.3) is 5.91 Å². The predicted octanol–water partition coefficient (Wildman–Crippen LogP) is 5.76. The van der Waals surface area contributed by atoms with Gasteiger partial charge < -0.3 is 9.73 Å². The summed E-state index contributed by atoms with van der Waals surface area (Å²) in [7, 11) is -1.20. The minimum atomic E-state index is -1.20. The summed E-state index contributed by atoms with van der Waals surface area (Å²) in [6.45, 7) is 5.78. The molecule has 2 atom stereocenters. The van der Waals surface area contributed by atoms with Gasteiger partial charge in [0.2, 0.25) is 5.89 Å². The van der Waals surface area contributed by atoms with Crippen LogP contribution in [-0.2, 0) is 16.6 Å². The van der Waals surface area contributed by atoms with Crippen LogP contribution in [0.4, 0.5) is 0 Å². The van der Waals surface area contributed by atoms with E-state index in [-0.39, 0.29) is 17.7 Å². The summed E-state index contributed by atoms with van der Waals surface area (Å²) >= 11 is 0. The molecule has 1 aromatic heterocycles. The first-order valence-corrected chi connectivity index (χ1v) is 12.1. The van der Waals surface area contributed by atoms with E-state index in [0.29, 0.717) is 22.9 Å². The van der Waals surface area contributed by atoms with Crippen molar-refractivity contribution in [3.05, 3.63) is 107 Å². The molecule has 0 saturated carbocycles. The third-order valence-electron chi connectivity index (χ3n) is 5.49. The van der Waals surface area contributed by atoms with E-state index in [1.807, 2.05) is 87.5 Å². The molecule has 0 radical (unpaired) electrons. The fourth-order valence-electron chi connectivity index (χ4n) is 3.45. The quantitative estimate of drug-likeness (QED) is 0.382. The van der Waals surface area contributed by atoms with Crippen molar-refractivity contribution in [2.45, 2.75) is 37.5 Å². The van der Waals surface area contributed by atoms with Crippen LogP contribution in [0.25, 0.3) is 11.5 Å². The van der Waals surface area contributed by atoms with Gasteiger partial charge in [0.1, 0.15) is 5.76 Å². The maximum Gasteiger partial charge on any atom is 0.251 e. The van der Waals surface area contributed by atoms with Crippen molar-refractivity contribution in [2.24, 2.45) is 0 Å². The molecule has 0 aliphatic rings. The number of aromatic nitrogens is 1. The number of benzene rings is 3. The van der Waals surface area contributed by atoms with E-state index in [4.69, 9.17) is 4.42 Å². The first kappa shape index (κ1) is 22.7. The second-order valence-corrected chi connectivity index (χ2v) is 9.46. The molecule has 4 rings (SSSR count). The standard InChI is InChI=1S/C27H26N2O3S/c1-18-9-15-24(16-10-18)33(31)17-25-20(3)32-27(29-25)23-13-11-22(12-14-23)26(30)28-19(2)21-7-5-4-6-8-21/h4-16,19H,17H2,1-3H3,(H,28,30)/t19-,33+/m0/s1. The second-order valence-electron chi connectivity index (χ2n) is 8.01. The molecule has 1 heterocycles. The molecule has 3 aromatic carbocycles. The molecule has 0 saturated heterocycles. The van der Waals surface area contributed by atoms with E-state index in [2.05, 4.69) is 10.3 Å². The Bertz CT molecular complexity index is 1260. The van der Waals surface area contributed by atoms with Crippen molar-refractivity contribution >= 4 is 16.7 Å². The van der Waals surface area contributed by atoms with Crippen LogP contribution < -0.4 is 5.32 Å². The summed E-state index contributed by atoms with van der Waals surface area (Å²) in [5.41, 5.74) is 4.17. The molecule has 0 unspecified atom stereocenters. The summed E-state index contributed by atoms with van der Waals surface area (Å²) < 4.78 is 18.6. The second kappa shape index (κ2) is 9.96. The van der Waals surface area contributed by atoms with Crippen LogP contribution >= 0.6 is 0 Å². The van der Waals surface area contributed by atoms with Gasteiger partial charge in [-0.3, -0.25) is 9.00 Å². The van der Waals surface area contributed by atoms with E-state index >= 15 is 0 Å². The Kier molecular flexibility index (Phi) is 6.84. The lowest BCUT2D eigenvalue weighted by atomic mass is 10.1. The highest BCUT2D eigenvalue weighted by Gasteiger charge is 2.16. The summed E-state index contributed by atoms with van der Waals surface area (Å²) in [6, 6.07) is 24.5. The van der Waals surface area contributed by atoms with Crippen molar-refractivity contribution in [3.8, 4) is 11.5 Å². The highest BCUT2D eigenvalue weighted by molar-refractivity contribution is 7.84. The number of nitrogens with one attached hydrogen (secondary N) is 1. The summed E-state index contributed by atoms with van der Waals surface area (Å²) in [5, 5.41) is 3.01. The van der Waals surface area contributed by atoms with Crippen LogP contribution in [0, 0.1) is 13.8 Å². The molecule has 0 aliphatic heterocycles.